The van der Waals surface area contributed by atoms with E-state index < -0.39 is 12.3 Å². The van der Waals surface area contributed by atoms with Gasteiger partial charge in [-0.1, -0.05) is 17.7 Å². The van der Waals surface area contributed by atoms with Gasteiger partial charge in [0.1, 0.15) is 12.0 Å². The number of carbonyl (C=O) groups is 1. The number of pyridine rings is 1. The molecular formula is C18H13ClF2N6O. The smallest absolute Gasteiger partial charge is 0.289 e. The largest absolute Gasteiger partial charge is 0.331 e. The fraction of sp³-hybridized carbons (Fsp3) is 0.111. The van der Waals surface area contributed by atoms with Crippen molar-refractivity contribution in [3.63, 3.8) is 0 Å². The first-order valence-electron chi connectivity index (χ1n) is 8.20. The van der Waals surface area contributed by atoms with Crippen LogP contribution in [0.2, 0.25) is 5.02 Å². The Hall–Kier alpha value is -3.33. The van der Waals surface area contributed by atoms with Crippen LogP contribution in [0.25, 0.3) is 22.3 Å². The van der Waals surface area contributed by atoms with Crippen LogP contribution in [-0.2, 0) is 6.67 Å². The molecular weight excluding hydrogens is 390 g/mol. The van der Waals surface area contributed by atoms with Gasteiger partial charge in [-0.15, -0.1) is 0 Å². The molecule has 10 heteroatoms. The molecule has 3 heterocycles. The van der Waals surface area contributed by atoms with Crippen molar-refractivity contribution in [1.29, 1.82) is 0 Å². The summed E-state index contributed by atoms with van der Waals surface area (Å²) >= 11 is 6.06. The Morgan fingerprint density at radius 3 is 2.86 bits per heavy atom. The minimum absolute atomic E-state index is 0.00935. The Labute approximate surface area is 162 Å². The predicted octanol–water partition coefficient (Wildman–Crippen LogP) is 3.80. The number of carbonyl (C=O) groups excluding carboxylic acids is 1. The van der Waals surface area contributed by atoms with E-state index in [1.165, 1.54) is 24.5 Å². The lowest BCUT2D eigenvalue weighted by molar-refractivity contribution is 0.0933. The van der Waals surface area contributed by atoms with E-state index >= 15 is 0 Å². The summed E-state index contributed by atoms with van der Waals surface area (Å²) in [4.78, 5) is 20.3. The second-order valence-corrected chi connectivity index (χ2v) is 6.34. The Kier molecular flexibility index (Phi) is 4.74. The zero-order valence-electron chi connectivity index (χ0n) is 14.2. The highest BCUT2D eigenvalue weighted by Gasteiger charge is 2.20. The fourth-order valence-electron chi connectivity index (χ4n) is 2.96. The molecule has 7 nitrogen and oxygen atoms in total. The Morgan fingerprint density at radius 2 is 2.11 bits per heavy atom. The van der Waals surface area contributed by atoms with Gasteiger partial charge in [0.05, 0.1) is 12.4 Å². The van der Waals surface area contributed by atoms with Crippen LogP contribution in [0.4, 0.5) is 8.78 Å². The van der Waals surface area contributed by atoms with E-state index in [-0.39, 0.29) is 23.6 Å². The SMILES string of the molecule is O=C(NCn1c(-c2cc(Cl)ccc2C(F)F)cc2cccnc21)c1ncn[nH]1. The molecule has 4 rings (SSSR count). The third kappa shape index (κ3) is 3.31. The molecule has 0 spiro atoms. The molecule has 0 aliphatic carbocycles. The molecule has 0 saturated carbocycles. The average molecular weight is 403 g/mol. The molecule has 2 N–H and O–H groups in total. The number of rotatable bonds is 5. The molecule has 1 aromatic carbocycles. The number of amides is 1. The molecule has 0 aliphatic heterocycles. The van der Waals surface area contributed by atoms with Crippen molar-refractivity contribution in [1.82, 2.24) is 30.0 Å². The summed E-state index contributed by atoms with van der Waals surface area (Å²) in [6.45, 7) is -0.00935. The number of nitrogens with one attached hydrogen (secondary N) is 2. The lowest BCUT2D eigenvalue weighted by atomic mass is 10.0. The van der Waals surface area contributed by atoms with E-state index in [9.17, 15) is 13.6 Å². The van der Waals surface area contributed by atoms with Crippen molar-refractivity contribution in [2.24, 2.45) is 0 Å². The van der Waals surface area contributed by atoms with Crippen LogP contribution < -0.4 is 5.32 Å². The fourth-order valence-corrected chi connectivity index (χ4v) is 3.13. The molecule has 0 bridgehead atoms. The van der Waals surface area contributed by atoms with Crippen molar-refractivity contribution in [2.75, 3.05) is 0 Å². The summed E-state index contributed by atoms with van der Waals surface area (Å²) in [6, 6.07) is 9.49. The number of fused-ring (bicyclic) bond motifs is 1. The number of benzene rings is 1. The van der Waals surface area contributed by atoms with E-state index in [0.29, 0.717) is 16.4 Å². The lowest BCUT2D eigenvalue weighted by Gasteiger charge is -2.14. The van der Waals surface area contributed by atoms with E-state index in [1.54, 1.807) is 22.9 Å². The van der Waals surface area contributed by atoms with Crippen LogP contribution >= 0.6 is 11.6 Å². The number of halogens is 3. The van der Waals surface area contributed by atoms with Gasteiger partial charge in [-0.05, 0) is 30.3 Å². The van der Waals surface area contributed by atoms with Gasteiger partial charge in [-0.3, -0.25) is 9.89 Å². The van der Waals surface area contributed by atoms with E-state index in [1.807, 2.05) is 6.07 Å². The Balaban J connectivity index is 1.80. The van der Waals surface area contributed by atoms with Crippen LogP contribution in [-0.4, -0.2) is 30.6 Å². The van der Waals surface area contributed by atoms with Crippen molar-refractivity contribution >= 4 is 28.5 Å². The van der Waals surface area contributed by atoms with Crippen molar-refractivity contribution in [2.45, 2.75) is 13.1 Å². The van der Waals surface area contributed by atoms with E-state index in [0.717, 1.165) is 5.39 Å². The summed E-state index contributed by atoms with van der Waals surface area (Å²) in [6.07, 6.45) is 0.122. The van der Waals surface area contributed by atoms with E-state index in [2.05, 4.69) is 25.5 Å². The highest BCUT2D eigenvalue weighted by Crippen LogP contribution is 2.35. The number of aromatic nitrogens is 5. The van der Waals surface area contributed by atoms with Crippen LogP contribution in [0, 0.1) is 0 Å². The van der Waals surface area contributed by atoms with Gasteiger partial charge >= 0.3 is 0 Å². The summed E-state index contributed by atoms with van der Waals surface area (Å²) in [7, 11) is 0. The topological polar surface area (TPSA) is 88.5 Å². The monoisotopic (exact) mass is 402 g/mol. The zero-order valence-corrected chi connectivity index (χ0v) is 15.0. The summed E-state index contributed by atoms with van der Waals surface area (Å²) in [5, 5.41) is 9.85. The molecule has 0 fully saturated rings. The number of H-pyrrole nitrogens is 1. The lowest BCUT2D eigenvalue weighted by Crippen LogP contribution is -2.27. The van der Waals surface area contributed by atoms with Gasteiger partial charge in [0, 0.05) is 27.7 Å². The molecule has 3 aromatic heterocycles. The standard InChI is InChI=1S/C18H13ClF2N6O/c19-11-3-4-12(15(20)21)13(7-11)14-6-10-2-1-5-22-17(10)27(14)9-24-18(28)16-23-8-25-26-16/h1-8,15H,9H2,(H,24,28)(H,23,25,26). The van der Waals surface area contributed by atoms with Gasteiger partial charge < -0.3 is 9.88 Å². The first-order chi connectivity index (χ1) is 13.5. The third-order valence-corrected chi connectivity index (χ3v) is 4.44. The molecule has 0 radical (unpaired) electrons. The zero-order chi connectivity index (χ0) is 19.7. The number of alkyl halides is 2. The third-order valence-electron chi connectivity index (χ3n) is 4.21. The maximum atomic E-state index is 13.6. The second-order valence-electron chi connectivity index (χ2n) is 5.90. The maximum Gasteiger partial charge on any atom is 0.289 e. The normalized spacial score (nSPS) is 11.3. The number of nitrogens with zero attached hydrogens (tertiary/aromatic N) is 4. The molecule has 1 amide bonds. The average Bonchev–Trinajstić information content (AvgIpc) is 3.34. The first kappa shape index (κ1) is 18.1. The molecule has 0 saturated heterocycles. The molecule has 0 unspecified atom stereocenters. The number of hydrogen-bond donors (Lipinski definition) is 2. The van der Waals surface area contributed by atoms with Crippen molar-refractivity contribution in [3.8, 4) is 11.3 Å². The van der Waals surface area contributed by atoms with Crippen molar-refractivity contribution < 1.29 is 13.6 Å². The minimum Gasteiger partial charge on any atom is -0.331 e. The molecule has 4 aromatic rings. The number of hydrogen-bond acceptors (Lipinski definition) is 4. The summed E-state index contributed by atoms with van der Waals surface area (Å²) in [5.41, 5.74) is 1.12. The van der Waals surface area contributed by atoms with Gasteiger partial charge in [-0.2, -0.15) is 5.10 Å². The first-order valence-corrected chi connectivity index (χ1v) is 8.58. The van der Waals surface area contributed by atoms with Gasteiger partial charge in [-0.25, -0.2) is 18.7 Å². The molecule has 0 atom stereocenters. The minimum atomic E-state index is -2.68. The predicted molar refractivity (Wildman–Crippen MR) is 99.0 cm³/mol. The van der Waals surface area contributed by atoms with Gasteiger partial charge in [0.2, 0.25) is 5.82 Å². The molecule has 0 aliphatic rings. The summed E-state index contributed by atoms with van der Waals surface area (Å²) < 4.78 is 28.8. The number of aromatic amines is 1. The van der Waals surface area contributed by atoms with Crippen LogP contribution in [0.1, 0.15) is 22.6 Å². The quantitative estimate of drug-likeness (QED) is 0.531. The van der Waals surface area contributed by atoms with Crippen LogP contribution in [0.15, 0.2) is 48.9 Å². The highest BCUT2D eigenvalue weighted by molar-refractivity contribution is 6.30. The van der Waals surface area contributed by atoms with Crippen LogP contribution in [0.3, 0.4) is 0 Å². The summed E-state index contributed by atoms with van der Waals surface area (Å²) in [5.74, 6) is -0.441. The van der Waals surface area contributed by atoms with Crippen molar-refractivity contribution in [3.05, 3.63) is 65.3 Å². The molecule has 28 heavy (non-hydrogen) atoms. The molecule has 142 valence electrons. The second kappa shape index (κ2) is 7.35. The van der Waals surface area contributed by atoms with E-state index in [4.69, 9.17) is 11.6 Å². The van der Waals surface area contributed by atoms with Crippen LogP contribution in [0.5, 0.6) is 0 Å². The maximum absolute atomic E-state index is 13.6. The highest BCUT2D eigenvalue weighted by atomic mass is 35.5. The van der Waals surface area contributed by atoms with Gasteiger partial charge in [0.25, 0.3) is 12.3 Å². The van der Waals surface area contributed by atoms with Gasteiger partial charge in [0.15, 0.2) is 0 Å². The Bertz CT molecular complexity index is 1140. The Morgan fingerprint density at radius 1 is 1.25 bits per heavy atom.